The van der Waals surface area contributed by atoms with Crippen LogP contribution >= 0.6 is 11.6 Å². The summed E-state index contributed by atoms with van der Waals surface area (Å²) >= 11 is 6.18. The van der Waals surface area contributed by atoms with Gasteiger partial charge in [0.2, 0.25) is 5.91 Å². The molecule has 1 aliphatic heterocycles. The Hall–Kier alpha value is -3.56. The third-order valence-corrected chi connectivity index (χ3v) is 9.79. The summed E-state index contributed by atoms with van der Waals surface area (Å²) in [7, 11) is -3.85. The van der Waals surface area contributed by atoms with Crippen molar-refractivity contribution >= 4 is 49.8 Å². The standard InChI is InChI=1S/C31H36ClN5O3S/c1-22-21-29(23(2)20-27(22)32)41(39,40)35-28-5-3-4-25-11-18-37(31(25)28)19-12-30(38)34-15-6-24-9-16-36(17-10-24)26-7-13-33-14-8-26/h3-5,7-8,11,13-14,18,20-21,24,35H,6,9-10,12,15-17,19H2,1-2H3,(H,34,38). The van der Waals surface area contributed by atoms with Crippen LogP contribution in [0.5, 0.6) is 0 Å². The number of para-hydroxylation sites is 1. The first-order valence-corrected chi connectivity index (χ1v) is 15.9. The van der Waals surface area contributed by atoms with Gasteiger partial charge in [-0.05, 0) is 86.6 Å². The molecule has 0 bridgehead atoms. The molecule has 1 saturated heterocycles. The third-order valence-electron chi connectivity index (χ3n) is 7.88. The molecule has 4 aromatic rings. The van der Waals surface area contributed by atoms with Gasteiger partial charge in [0.15, 0.2) is 0 Å². The fourth-order valence-corrected chi connectivity index (χ4v) is 7.13. The largest absolute Gasteiger partial charge is 0.371 e. The Morgan fingerprint density at radius 3 is 2.56 bits per heavy atom. The highest BCUT2D eigenvalue weighted by molar-refractivity contribution is 7.92. The molecular weight excluding hydrogens is 558 g/mol. The molecule has 216 valence electrons. The van der Waals surface area contributed by atoms with Crippen LogP contribution in [0.2, 0.25) is 5.02 Å². The number of nitrogens with one attached hydrogen (secondary N) is 2. The third kappa shape index (κ3) is 6.85. The summed E-state index contributed by atoms with van der Waals surface area (Å²) in [5.74, 6) is 0.594. The Bertz CT molecular complexity index is 1630. The highest BCUT2D eigenvalue weighted by atomic mass is 35.5. The Morgan fingerprint density at radius 2 is 1.80 bits per heavy atom. The molecule has 0 saturated carbocycles. The van der Waals surface area contributed by atoms with E-state index in [0.717, 1.165) is 43.3 Å². The molecular formula is C31H36ClN5O3S. The van der Waals surface area contributed by atoms with Crippen LogP contribution in [0.4, 0.5) is 11.4 Å². The lowest BCUT2D eigenvalue weighted by atomic mass is 9.93. The molecule has 0 radical (unpaired) electrons. The van der Waals surface area contributed by atoms with Crippen LogP contribution < -0.4 is 14.9 Å². The molecule has 10 heteroatoms. The number of piperidine rings is 1. The molecule has 2 aromatic heterocycles. The summed E-state index contributed by atoms with van der Waals surface area (Å²) in [6.07, 6.45) is 9.05. The molecule has 1 fully saturated rings. The predicted octanol–water partition coefficient (Wildman–Crippen LogP) is 5.92. The van der Waals surface area contributed by atoms with Crippen LogP contribution in [-0.4, -0.2) is 43.5 Å². The number of carbonyl (C=O) groups is 1. The monoisotopic (exact) mass is 593 g/mol. The van der Waals surface area contributed by atoms with Gasteiger partial charge in [0, 0.05) is 67.3 Å². The summed E-state index contributed by atoms with van der Waals surface area (Å²) in [4.78, 5) is 19.4. The van der Waals surface area contributed by atoms with Gasteiger partial charge < -0.3 is 14.8 Å². The number of aryl methyl sites for hydroxylation is 3. The molecule has 1 amide bonds. The van der Waals surface area contributed by atoms with Gasteiger partial charge in [0.25, 0.3) is 10.0 Å². The fraction of sp³-hybridized carbons (Fsp3) is 0.355. The smallest absolute Gasteiger partial charge is 0.262 e. The lowest BCUT2D eigenvalue weighted by Gasteiger charge is -2.33. The predicted molar refractivity (Wildman–Crippen MR) is 165 cm³/mol. The highest BCUT2D eigenvalue weighted by Crippen LogP contribution is 2.30. The van der Waals surface area contributed by atoms with Crippen LogP contribution in [-0.2, 0) is 21.4 Å². The summed E-state index contributed by atoms with van der Waals surface area (Å²) in [6, 6.07) is 14.8. The molecule has 8 nitrogen and oxygen atoms in total. The SMILES string of the molecule is Cc1cc(S(=O)(=O)Nc2cccc3ccn(CCC(=O)NCCC4CCN(c5ccncc5)CC4)c23)c(C)cc1Cl. The normalized spacial score (nSPS) is 14.4. The number of pyridine rings is 1. The number of sulfonamides is 1. The van der Waals surface area contributed by atoms with E-state index in [-0.39, 0.29) is 10.8 Å². The van der Waals surface area contributed by atoms with Crippen molar-refractivity contribution in [3.63, 3.8) is 0 Å². The van der Waals surface area contributed by atoms with E-state index in [9.17, 15) is 13.2 Å². The van der Waals surface area contributed by atoms with Crippen LogP contribution in [0.1, 0.15) is 36.8 Å². The molecule has 2 aromatic carbocycles. The van der Waals surface area contributed by atoms with E-state index in [1.54, 1.807) is 32.0 Å². The lowest BCUT2D eigenvalue weighted by Crippen LogP contribution is -2.35. The first kappa shape index (κ1) is 29.0. The van der Waals surface area contributed by atoms with Gasteiger partial charge in [-0.25, -0.2) is 8.42 Å². The summed E-state index contributed by atoms with van der Waals surface area (Å²) < 4.78 is 31.4. The van der Waals surface area contributed by atoms with Gasteiger partial charge in [-0.15, -0.1) is 0 Å². The Balaban J connectivity index is 1.16. The van der Waals surface area contributed by atoms with Crippen molar-refractivity contribution in [1.82, 2.24) is 14.9 Å². The lowest BCUT2D eigenvalue weighted by molar-refractivity contribution is -0.121. The first-order chi connectivity index (χ1) is 19.7. The second-order valence-corrected chi connectivity index (χ2v) is 12.8. The maximum atomic E-state index is 13.3. The quantitative estimate of drug-likeness (QED) is 0.238. The molecule has 0 atom stereocenters. The first-order valence-electron chi connectivity index (χ1n) is 14.0. The van der Waals surface area contributed by atoms with Gasteiger partial charge in [-0.3, -0.25) is 14.5 Å². The van der Waals surface area contributed by atoms with Crippen LogP contribution in [0.25, 0.3) is 10.9 Å². The molecule has 2 N–H and O–H groups in total. The Labute approximate surface area is 246 Å². The Kier molecular flexibility index (Phi) is 8.85. The van der Waals surface area contributed by atoms with E-state index < -0.39 is 10.0 Å². The van der Waals surface area contributed by atoms with Crippen LogP contribution in [0.15, 0.2) is 72.0 Å². The molecule has 41 heavy (non-hydrogen) atoms. The van der Waals surface area contributed by atoms with Gasteiger partial charge in [0.1, 0.15) is 0 Å². The van der Waals surface area contributed by atoms with Crippen molar-refractivity contribution in [3.05, 3.63) is 83.3 Å². The van der Waals surface area contributed by atoms with Crippen molar-refractivity contribution in [3.8, 4) is 0 Å². The van der Waals surface area contributed by atoms with E-state index in [1.807, 2.05) is 53.5 Å². The zero-order valence-corrected chi connectivity index (χ0v) is 25.0. The minimum Gasteiger partial charge on any atom is -0.371 e. The molecule has 0 spiro atoms. The number of carbonyl (C=O) groups excluding carboxylic acids is 1. The summed E-state index contributed by atoms with van der Waals surface area (Å²) in [5, 5.41) is 4.50. The zero-order chi connectivity index (χ0) is 29.0. The number of aromatic nitrogens is 2. The number of fused-ring (bicyclic) bond motifs is 1. The number of anilines is 2. The van der Waals surface area contributed by atoms with E-state index in [4.69, 9.17) is 11.6 Å². The number of hydrogen-bond donors (Lipinski definition) is 2. The van der Waals surface area contributed by atoms with E-state index in [2.05, 4.69) is 19.9 Å². The van der Waals surface area contributed by atoms with Crippen molar-refractivity contribution in [2.75, 3.05) is 29.3 Å². The van der Waals surface area contributed by atoms with Crippen LogP contribution in [0.3, 0.4) is 0 Å². The number of halogens is 1. The Morgan fingerprint density at radius 1 is 1.05 bits per heavy atom. The molecule has 0 aliphatic carbocycles. The number of hydrogen-bond acceptors (Lipinski definition) is 5. The van der Waals surface area contributed by atoms with Crippen molar-refractivity contribution in [2.45, 2.75) is 51.0 Å². The summed E-state index contributed by atoms with van der Waals surface area (Å²) in [5.41, 5.74) is 3.70. The highest BCUT2D eigenvalue weighted by Gasteiger charge is 2.21. The average molecular weight is 594 g/mol. The number of benzene rings is 2. The molecule has 3 heterocycles. The second kappa shape index (κ2) is 12.5. The van der Waals surface area contributed by atoms with Gasteiger partial charge in [-0.2, -0.15) is 0 Å². The van der Waals surface area contributed by atoms with E-state index in [1.165, 1.54) is 5.69 Å². The van der Waals surface area contributed by atoms with E-state index >= 15 is 0 Å². The number of amides is 1. The second-order valence-electron chi connectivity index (χ2n) is 10.7. The van der Waals surface area contributed by atoms with Crippen molar-refractivity contribution in [2.24, 2.45) is 5.92 Å². The van der Waals surface area contributed by atoms with Crippen molar-refractivity contribution < 1.29 is 13.2 Å². The number of rotatable bonds is 10. The van der Waals surface area contributed by atoms with Gasteiger partial charge in [-0.1, -0.05) is 23.7 Å². The maximum absolute atomic E-state index is 13.3. The molecule has 5 rings (SSSR count). The minimum atomic E-state index is -3.85. The topological polar surface area (TPSA) is 96.3 Å². The van der Waals surface area contributed by atoms with Crippen LogP contribution in [0, 0.1) is 19.8 Å². The number of nitrogens with zero attached hydrogens (tertiary/aromatic N) is 3. The summed E-state index contributed by atoms with van der Waals surface area (Å²) in [6.45, 7) is 6.66. The van der Waals surface area contributed by atoms with Gasteiger partial charge in [0.05, 0.1) is 16.1 Å². The fourth-order valence-electron chi connectivity index (χ4n) is 5.53. The average Bonchev–Trinajstić information content (AvgIpc) is 3.38. The van der Waals surface area contributed by atoms with Gasteiger partial charge >= 0.3 is 0 Å². The molecule has 0 unspecified atom stereocenters. The minimum absolute atomic E-state index is 0.00797. The molecule has 1 aliphatic rings. The zero-order valence-electron chi connectivity index (χ0n) is 23.4. The van der Waals surface area contributed by atoms with E-state index in [0.29, 0.717) is 47.3 Å². The maximum Gasteiger partial charge on any atom is 0.262 e. The van der Waals surface area contributed by atoms with Crippen molar-refractivity contribution in [1.29, 1.82) is 0 Å².